The van der Waals surface area contributed by atoms with Crippen LogP contribution in [0.1, 0.15) is 20.3 Å². The standard InChI is InChI=1S/C9H15NO3/c1-4-6-10(8(11)5-2)7(3)9(12)13/h5,7H,2,4,6H2,1,3H3,(H,12,13)/t7-/m0/s1. The average Bonchev–Trinajstić information content (AvgIpc) is 2.11. The fourth-order valence-electron chi connectivity index (χ4n) is 0.986. The molecule has 0 saturated heterocycles. The molecule has 0 aromatic rings. The lowest BCUT2D eigenvalue weighted by Gasteiger charge is -2.24. The van der Waals surface area contributed by atoms with Gasteiger partial charge in [0.05, 0.1) is 0 Å². The summed E-state index contributed by atoms with van der Waals surface area (Å²) < 4.78 is 0. The second-order valence-electron chi connectivity index (χ2n) is 2.75. The molecule has 1 atom stereocenters. The number of carboxylic acid groups (broad SMARTS) is 1. The van der Waals surface area contributed by atoms with Gasteiger partial charge < -0.3 is 10.0 Å². The summed E-state index contributed by atoms with van der Waals surface area (Å²) in [6.07, 6.45) is 1.87. The summed E-state index contributed by atoms with van der Waals surface area (Å²) in [5.74, 6) is -1.33. The first kappa shape index (κ1) is 11.7. The average molecular weight is 185 g/mol. The van der Waals surface area contributed by atoms with Crippen LogP contribution < -0.4 is 0 Å². The summed E-state index contributed by atoms with van der Waals surface area (Å²) in [4.78, 5) is 23.1. The maximum absolute atomic E-state index is 11.2. The predicted octanol–water partition coefficient (Wildman–Crippen LogP) is 0.884. The van der Waals surface area contributed by atoms with Crippen molar-refractivity contribution in [2.45, 2.75) is 26.3 Å². The van der Waals surface area contributed by atoms with Gasteiger partial charge in [-0.2, -0.15) is 0 Å². The molecular formula is C9H15NO3. The smallest absolute Gasteiger partial charge is 0.326 e. The van der Waals surface area contributed by atoms with E-state index in [-0.39, 0.29) is 5.91 Å². The lowest BCUT2D eigenvalue weighted by molar-refractivity contribution is -0.147. The van der Waals surface area contributed by atoms with Crippen molar-refractivity contribution in [2.24, 2.45) is 0 Å². The molecule has 0 aliphatic heterocycles. The number of carbonyl (C=O) groups excluding carboxylic acids is 1. The van der Waals surface area contributed by atoms with Crippen LogP contribution in [-0.2, 0) is 9.59 Å². The molecular weight excluding hydrogens is 170 g/mol. The van der Waals surface area contributed by atoms with Gasteiger partial charge in [0, 0.05) is 6.54 Å². The zero-order chi connectivity index (χ0) is 10.4. The summed E-state index contributed by atoms with van der Waals surface area (Å²) >= 11 is 0. The van der Waals surface area contributed by atoms with Gasteiger partial charge in [-0.25, -0.2) is 4.79 Å². The van der Waals surface area contributed by atoms with Crippen molar-refractivity contribution in [2.75, 3.05) is 6.54 Å². The molecule has 0 saturated carbocycles. The number of aliphatic carboxylic acids is 1. The molecule has 0 fully saturated rings. The first-order valence-electron chi connectivity index (χ1n) is 4.20. The molecule has 0 radical (unpaired) electrons. The molecule has 4 nitrogen and oxygen atoms in total. The molecule has 74 valence electrons. The van der Waals surface area contributed by atoms with E-state index in [2.05, 4.69) is 6.58 Å². The lowest BCUT2D eigenvalue weighted by atomic mass is 10.2. The molecule has 0 heterocycles. The van der Waals surface area contributed by atoms with E-state index in [0.29, 0.717) is 6.54 Å². The SMILES string of the molecule is C=CC(=O)N(CCC)[C@@H](C)C(=O)O. The van der Waals surface area contributed by atoms with Crippen molar-refractivity contribution in [1.82, 2.24) is 4.90 Å². The van der Waals surface area contributed by atoms with Gasteiger partial charge >= 0.3 is 5.97 Å². The minimum Gasteiger partial charge on any atom is -0.480 e. The third-order valence-corrected chi connectivity index (χ3v) is 1.75. The van der Waals surface area contributed by atoms with Gasteiger partial charge in [-0.3, -0.25) is 4.79 Å². The van der Waals surface area contributed by atoms with Gasteiger partial charge in [0.15, 0.2) is 0 Å². The van der Waals surface area contributed by atoms with Crippen molar-refractivity contribution < 1.29 is 14.7 Å². The minimum atomic E-state index is -0.997. The Morgan fingerprint density at radius 1 is 1.62 bits per heavy atom. The van der Waals surface area contributed by atoms with Crippen molar-refractivity contribution >= 4 is 11.9 Å². The second kappa shape index (κ2) is 5.35. The Morgan fingerprint density at radius 3 is 2.46 bits per heavy atom. The number of carbonyl (C=O) groups is 2. The Bertz CT molecular complexity index is 213. The first-order chi connectivity index (χ1) is 6.04. The van der Waals surface area contributed by atoms with Crippen LogP contribution in [0.15, 0.2) is 12.7 Å². The molecule has 0 aromatic heterocycles. The van der Waals surface area contributed by atoms with Crippen molar-refractivity contribution in [3.63, 3.8) is 0 Å². The molecule has 0 aliphatic rings. The van der Waals surface area contributed by atoms with Gasteiger partial charge in [-0.15, -0.1) is 0 Å². The van der Waals surface area contributed by atoms with E-state index in [0.717, 1.165) is 12.5 Å². The molecule has 1 amide bonds. The highest BCUT2D eigenvalue weighted by Gasteiger charge is 2.22. The largest absolute Gasteiger partial charge is 0.480 e. The van der Waals surface area contributed by atoms with Crippen LogP contribution in [0.5, 0.6) is 0 Å². The van der Waals surface area contributed by atoms with E-state index < -0.39 is 12.0 Å². The summed E-state index contributed by atoms with van der Waals surface area (Å²) in [5, 5.41) is 8.70. The van der Waals surface area contributed by atoms with E-state index in [1.807, 2.05) is 6.92 Å². The summed E-state index contributed by atoms with van der Waals surface area (Å²) in [7, 11) is 0. The van der Waals surface area contributed by atoms with Crippen LogP contribution in [0.25, 0.3) is 0 Å². The van der Waals surface area contributed by atoms with Gasteiger partial charge in [0.1, 0.15) is 6.04 Å². The zero-order valence-corrected chi connectivity index (χ0v) is 7.99. The van der Waals surface area contributed by atoms with E-state index in [1.165, 1.54) is 11.8 Å². The summed E-state index contributed by atoms with van der Waals surface area (Å²) in [6.45, 7) is 7.14. The highest BCUT2D eigenvalue weighted by molar-refractivity contribution is 5.90. The van der Waals surface area contributed by atoms with Crippen molar-refractivity contribution in [3.8, 4) is 0 Å². The van der Waals surface area contributed by atoms with E-state index in [4.69, 9.17) is 5.11 Å². The van der Waals surface area contributed by atoms with Gasteiger partial charge in [-0.1, -0.05) is 13.5 Å². The van der Waals surface area contributed by atoms with E-state index >= 15 is 0 Å². The Balaban J connectivity index is 4.48. The van der Waals surface area contributed by atoms with Crippen LogP contribution in [0.4, 0.5) is 0 Å². The van der Waals surface area contributed by atoms with E-state index in [1.54, 1.807) is 0 Å². The number of hydrogen-bond donors (Lipinski definition) is 1. The second-order valence-corrected chi connectivity index (χ2v) is 2.75. The number of amides is 1. The lowest BCUT2D eigenvalue weighted by Crippen LogP contribution is -2.42. The molecule has 0 unspecified atom stereocenters. The number of nitrogens with zero attached hydrogens (tertiary/aromatic N) is 1. The Kier molecular flexibility index (Phi) is 4.80. The molecule has 0 aliphatic carbocycles. The van der Waals surface area contributed by atoms with Crippen LogP contribution in [0.2, 0.25) is 0 Å². The Hall–Kier alpha value is -1.32. The maximum Gasteiger partial charge on any atom is 0.326 e. The molecule has 0 rings (SSSR count). The number of rotatable bonds is 5. The first-order valence-corrected chi connectivity index (χ1v) is 4.20. The summed E-state index contributed by atoms with van der Waals surface area (Å²) in [5.41, 5.74) is 0. The number of hydrogen-bond acceptors (Lipinski definition) is 2. The minimum absolute atomic E-state index is 0.336. The fourth-order valence-corrected chi connectivity index (χ4v) is 0.986. The Morgan fingerprint density at radius 2 is 2.15 bits per heavy atom. The normalized spacial score (nSPS) is 11.8. The highest BCUT2D eigenvalue weighted by atomic mass is 16.4. The van der Waals surface area contributed by atoms with Gasteiger partial charge in [0.2, 0.25) is 5.91 Å². The quantitative estimate of drug-likeness (QED) is 0.647. The van der Waals surface area contributed by atoms with Crippen LogP contribution in [-0.4, -0.2) is 34.5 Å². The molecule has 0 spiro atoms. The molecule has 4 heteroatoms. The molecule has 1 N–H and O–H groups in total. The van der Waals surface area contributed by atoms with Crippen molar-refractivity contribution in [1.29, 1.82) is 0 Å². The van der Waals surface area contributed by atoms with Gasteiger partial charge in [-0.05, 0) is 19.4 Å². The third-order valence-electron chi connectivity index (χ3n) is 1.75. The van der Waals surface area contributed by atoms with E-state index in [9.17, 15) is 9.59 Å². The summed E-state index contributed by atoms with van der Waals surface area (Å²) in [6, 6.07) is -0.787. The Labute approximate surface area is 77.8 Å². The highest BCUT2D eigenvalue weighted by Crippen LogP contribution is 2.02. The third kappa shape index (κ3) is 3.27. The molecule has 0 aromatic carbocycles. The van der Waals surface area contributed by atoms with Crippen LogP contribution in [0, 0.1) is 0 Å². The van der Waals surface area contributed by atoms with Gasteiger partial charge in [0.25, 0.3) is 0 Å². The molecule has 13 heavy (non-hydrogen) atoms. The van der Waals surface area contributed by atoms with Crippen LogP contribution in [0.3, 0.4) is 0 Å². The molecule has 0 bridgehead atoms. The fraction of sp³-hybridized carbons (Fsp3) is 0.556. The van der Waals surface area contributed by atoms with Crippen molar-refractivity contribution in [3.05, 3.63) is 12.7 Å². The van der Waals surface area contributed by atoms with Crippen LogP contribution >= 0.6 is 0 Å². The monoisotopic (exact) mass is 185 g/mol. The predicted molar refractivity (Wildman–Crippen MR) is 49.3 cm³/mol. The topological polar surface area (TPSA) is 57.6 Å². The number of carboxylic acids is 1. The zero-order valence-electron chi connectivity index (χ0n) is 7.99. The maximum atomic E-state index is 11.2.